The van der Waals surface area contributed by atoms with Crippen LogP contribution in [0.1, 0.15) is 35.2 Å². The van der Waals surface area contributed by atoms with E-state index in [1.807, 2.05) is 42.2 Å². The fourth-order valence-electron chi connectivity index (χ4n) is 3.49. The first-order chi connectivity index (χ1) is 14.6. The molecule has 0 aliphatic carbocycles. The molecular weight excluding hydrogens is 436 g/mol. The second kappa shape index (κ2) is 9.72. The molecule has 0 saturated carbocycles. The van der Waals surface area contributed by atoms with Crippen LogP contribution in [0.4, 0.5) is 5.00 Å². The lowest BCUT2D eigenvalue weighted by atomic mass is 10.0. The van der Waals surface area contributed by atoms with E-state index >= 15 is 0 Å². The summed E-state index contributed by atoms with van der Waals surface area (Å²) in [4.78, 5) is 28.9. The van der Waals surface area contributed by atoms with Crippen LogP contribution in [0.3, 0.4) is 0 Å². The Labute approximate surface area is 187 Å². The number of nitrogens with one attached hydrogen (secondary N) is 1. The number of piperidine rings is 1. The summed E-state index contributed by atoms with van der Waals surface area (Å²) in [6, 6.07) is 10.0. The molecule has 1 saturated heterocycles. The highest BCUT2D eigenvalue weighted by molar-refractivity contribution is 8.01. The highest BCUT2D eigenvalue weighted by Crippen LogP contribution is 2.41. The van der Waals surface area contributed by atoms with Crippen LogP contribution in [0.2, 0.25) is 0 Å². The number of aromatic nitrogens is 2. The lowest BCUT2D eigenvalue weighted by Gasteiger charge is -2.27. The average molecular weight is 459 g/mol. The number of amides is 2. The molecule has 0 bridgehead atoms. The van der Waals surface area contributed by atoms with Crippen molar-refractivity contribution in [2.75, 3.05) is 24.2 Å². The van der Waals surface area contributed by atoms with E-state index in [4.69, 9.17) is 0 Å². The fraction of sp³-hybridized carbons (Fsp3) is 0.333. The lowest BCUT2D eigenvalue weighted by Crippen LogP contribution is -2.36. The summed E-state index contributed by atoms with van der Waals surface area (Å²) in [5, 5.41) is 11.4. The number of benzene rings is 1. The number of carbonyl (C=O) groups excluding carboxylic acids is 2. The molecule has 156 valence electrons. The van der Waals surface area contributed by atoms with E-state index in [1.54, 1.807) is 5.51 Å². The van der Waals surface area contributed by atoms with Crippen molar-refractivity contribution in [2.24, 2.45) is 0 Å². The number of nitrogens with zero attached hydrogens (tertiary/aromatic N) is 3. The third kappa shape index (κ3) is 4.74. The van der Waals surface area contributed by atoms with Crippen molar-refractivity contribution >= 4 is 51.3 Å². The van der Waals surface area contributed by atoms with Gasteiger partial charge in [-0.3, -0.25) is 9.59 Å². The third-order valence-corrected chi connectivity index (χ3v) is 8.08. The minimum atomic E-state index is -0.149. The van der Waals surface area contributed by atoms with Gasteiger partial charge in [-0.2, -0.15) is 0 Å². The number of carbonyl (C=O) groups is 2. The Bertz CT molecular complexity index is 1010. The smallest absolute Gasteiger partial charge is 0.257 e. The first-order valence-electron chi connectivity index (χ1n) is 9.80. The highest BCUT2D eigenvalue weighted by Gasteiger charge is 2.27. The molecule has 6 nitrogen and oxygen atoms in total. The molecule has 9 heteroatoms. The van der Waals surface area contributed by atoms with E-state index in [-0.39, 0.29) is 17.6 Å². The number of likely N-dealkylation sites (tertiary alicyclic amines) is 1. The zero-order valence-corrected chi connectivity index (χ0v) is 19.0. The molecule has 4 rings (SSSR count). The van der Waals surface area contributed by atoms with E-state index in [9.17, 15) is 9.59 Å². The van der Waals surface area contributed by atoms with Crippen molar-refractivity contribution in [3.05, 3.63) is 47.0 Å². The number of thiophene rings is 1. The molecule has 0 radical (unpaired) electrons. The first-order valence-corrected chi connectivity index (χ1v) is 12.5. The predicted octanol–water partition coefficient (Wildman–Crippen LogP) is 4.93. The summed E-state index contributed by atoms with van der Waals surface area (Å²) < 4.78 is 0.752. The molecule has 0 spiro atoms. The zero-order chi connectivity index (χ0) is 20.9. The van der Waals surface area contributed by atoms with Crippen LogP contribution in [0.5, 0.6) is 0 Å². The Kier molecular flexibility index (Phi) is 6.81. The molecule has 3 heterocycles. The van der Waals surface area contributed by atoms with Crippen molar-refractivity contribution in [3.63, 3.8) is 0 Å². The van der Waals surface area contributed by atoms with Gasteiger partial charge in [-0.15, -0.1) is 21.5 Å². The summed E-state index contributed by atoms with van der Waals surface area (Å²) in [5.74, 6) is 0.0888. The second-order valence-electron chi connectivity index (χ2n) is 7.02. The first kappa shape index (κ1) is 21.0. The summed E-state index contributed by atoms with van der Waals surface area (Å²) in [6.07, 6.45) is 3.22. The molecule has 2 aromatic heterocycles. The molecule has 1 N–H and O–H groups in total. The van der Waals surface area contributed by atoms with Gasteiger partial charge in [0.15, 0.2) is 4.34 Å². The summed E-state index contributed by atoms with van der Waals surface area (Å²) >= 11 is 4.22. The van der Waals surface area contributed by atoms with Crippen molar-refractivity contribution < 1.29 is 9.59 Å². The van der Waals surface area contributed by atoms with Crippen molar-refractivity contribution in [1.82, 2.24) is 15.1 Å². The fourth-order valence-corrected chi connectivity index (χ4v) is 6.00. The van der Waals surface area contributed by atoms with Gasteiger partial charge in [-0.25, -0.2) is 0 Å². The van der Waals surface area contributed by atoms with Gasteiger partial charge in [0.05, 0.1) is 11.3 Å². The Morgan fingerprint density at radius 3 is 2.63 bits per heavy atom. The van der Waals surface area contributed by atoms with E-state index in [1.165, 1.54) is 34.4 Å². The van der Waals surface area contributed by atoms with Gasteiger partial charge in [0.1, 0.15) is 10.5 Å². The van der Waals surface area contributed by atoms with Gasteiger partial charge in [0, 0.05) is 18.0 Å². The maximum atomic E-state index is 13.4. The van der Waals surface area contributed by atoms with Crippen molar-refractivity contribution in [1.29, 1.82) is 0 Å². The molecule has 0 unspecified atom stereocenters. The normalized spacial score (nSPS) is 14.0. The minimum Gasteiger partial charge on any atom is -0.339 e. The molecule has 1 aromatic carbocycles. The quantitative estimate of drug-likeness (QED) is 0.530. The third-order valence-electron chi connectivity index (χ3n) is 4.96. The molecule has 1 aliphatic rings. The number of thioether (sulfide) groups is 1. The van der Waals surface area contributed by atoms with Crippen LogP contribution in [-0.4, -0.2) is 45.8 Å². The highest BCUT2D eigenvalue weighted by atomic mass is 32.2. The molecule has 3 aromatic rings. The Hall–Kier alpha value is -2.23. The van der Waals surface area contributed by atoms with Crippen LogP contribution in [-0.2, 0) is 4.79 Å². The van der Waals surface area contributed by atoms with Crippen molar-refractivity contribution in [3.8, 4) is 10.4 Å². The summed E-state index contributed by atoms with van der Waals surface area (Å²) in [6.45, 7) is 3.52. The predicted molar refractivity (Wildman–Crippen MR) is 124 cm³/mol. The van der Waals surface area contributed by atoms with Gasteiger partial charge in [0.2, 0.25) is 5.91 Å². The number of anilines is 1. The topological polar surface area (TPSA) is 75.2 Å². The maximum absolute atomic E-state index is 13.4. The number of hydrogen-bond acceptors (Lipinski definition) is 7. The molecule has 1 fully saturated rings. The van der Waals surface area contributed by atoms with Gasteiger partial charge in [0.25, 0.3) is 5.91 Å². The van der Waals surface area contributed by atoms with Crippen LogP contribution >= 0.6 is 34.4 Å². The molecule has 1 aliphatic heterocycles. The number of rotatable bonds is 6. The Morgan fingerprint density at radius 2 is 1.93 bits per heavy atom. The monoisotopic (exact) mass is 458 g/mol. The van der Waals surface area contributed by atoms with Gasteiger partial charge in [-0.1, -0.05) is 53.4 Å². The Morgan fingerprint density at radius 1 is 1.17 bits per heavy atom. The number of hydrogen-bond donors (Lipinski definition) is 1. The zero-order valence-electron chi connectivity index (χ0n) is 16.6. The van der Waals surface area contributed by atoms with E-state index in [0.717, 1.165) is 52.7 Å². The van der Waals surface area contributed by atoms with Crippen LogP contribution in [0, 0.1) is 6.92 Å². The van der Waals surface area contributed by atoms with E-state index in [0.29, 0.717) is 10.6 Å². The largest absolute Gasteiger partial charge is 0.339 e. The van der Waals surface area contributed by atoms with Crippen LogP contribution < -0.4 is 5.32 Å². The standard InChI is InChI=1S/C21H22N4O2S3/c1-14-17(20(27)25-10-6-3-7-11-25)19(30-18(14)15-8-4-2-5-9-15)23-16(26)12-28-21-24-22-13-29-21/h2,4-5,8-9,13H,3,6-7,10-12H2,1H3,(H,23,26). The Balaban J connectivity index is 1.61. The van der Waals surface area contributed by atoms with E-state index < -0.39 is 0 Å². The van der Waals surface area contributed by atoms with Gasteiger partial charge >= 0.3 is 0 Å². The molecule has 0 atom stereocenters. The molecular formula is C21H22N4O2S3. The van der Waals surface area contributed by atoms with Gasteiger partial charge < -0.3 is 10.2 Å². The van der Waals surface area contributed by atoms with E-state index in [2.05, 4.69) is 15.5 Å². The van der Waals surface area contributed by atoms with Crippen molar-refractivity contribution in [2.45, 2.75) is 30.5 Å². The van der Waals surface area contributed by atoms with Gasteiger partial charge in [-0.05, 0) is 37.3 Å². The van der Waals surface area contributed by atoms with Crippen LogP contribution in [0.15, 0.2) is 40.2 Å². The summed E-state index contributed by atoms with van der Waals surface area (Å²) in [7, 11) is 0. The molecule has 30 heavy (non-hydrogen) atoms. The average Bonchev–Trinajstić information content (AvgIpc) is 3.41. The second-order valence-corrected chi connectivity index (χ2v) is 10.1. The SMILES string of the molecule is Cc1c(-c2ccccc2)sc(NC(=O)CSc2nncs2)c1C(=O)N1CCCCC1. The lowest BCUT2D eigenvalue weighted by molar-refractivity contribution is -0.113. The maximum Gasteiger partial charge on any atom is 0.257 e. The summed E-state index contributed by atoms with van der Waals surface area (Å²) in [5.41, 5.74) is 4.24. The minimum absolute atomic E-state index is 0.0118. The van der Waals surface area contributed by atoms with Crippen LogP contribution in [0.25, 0.3) is 10.4 Å². The molecule has 2 amide bonds.